The van der Waals surface area contributed by atoms with E-state index in [1.807, 2.05) is 0 Å². The summed E-state index contributed by atoms with van der Waals surface area (Å²) >= 11 is 5.56. The second kappa shape index (κ2) is 7.91. The average molecular weight is 247 g/mol. The number of nitrogens with one attached hydrogen (secondary N) is 1. The molecule has 16 heavy (non-hydrogen) atoms. The Morgan fingerprint density at radius 3 is 2.94 bits per heavy atom. The molecule has 1 aliphatic heterocycles. The fraction of sp³-hybridized carbons (Fsp3) is 0.917. The van der Waals surface area contributed by atoms with Crippen molar-refractivity contribution in [2.75, 3.05) is 26.0 Å². The number of hydrogen-bond acceptors (Lipinski definition) is 2. The van der Waals surface area contributed by atoms with Crippen molar-refractivity contribution in [2.45, 2.75) is 44.6 Å². The Bertz CT molecular complexity index is 211. The standard InChI is InChI=1S/C12H23ClN2O/c1-15-9-5-3-6-11(15)10-14-12(16)7-2-4-8-13/h11H,2-10H2,1H3,(H,14,16). The number of unbranched alkanes of at least 4 members (excludes halogenated alkanes) is 1. The maximum Gasteiger partial charge on any atom is 0.220 e. The molecule has 3 nitrogen and oxygen atoms in total. The smallest absolute Gasteiger partial charge is 0.220 e. The molecule has 4 heteroatoms. The van der Waals surface area contributed by atoms with Crippen LogP contribution in [0.5, 0.6) is 0 Å². The van der Waals surface area contributed by atoms with E-state index in [2.05, 4.69) is 17.3 Å². The van der Waals surface area contributed by atoms with Crippen molar-refractivity contribution in [1.29, 1.82) is 0 Å². The molecule has 1 saturated heterocycles. The lowest BCUT2D eigenvalue weighted by molar-refractivity contribution is -0.121. The van der Waals surface area contributed by atoms with Gasteiger partial charge in [-0.2, -0.15) is 0 Å². The van der Waals surface area contributed by atoms with Crippen molar-refractivity contribution in [3.05, 3.63) is 0 Å². The highest BCUT2D eigenvalue weighted by atomic mass is 35.5. The summed E-state index contributed by atoms with van der Waals surface area (Å²) in [4.78, 5) is 13.8. The van der Waals surface area contributed by atoms with Gasteiger partial charge in [0.15, 0.2) is 0 Å². The zero-order chi connectivity index (χ0) is 11.8. The highest BCUT2D eigenvalue weighted by Gasteiger charge is 2.18. The van der Waals surface area contributed by atoms with E-state index >= 15 is 0 Å². The number of alkyl halides is 1. The topological polar surface area (TPSA) is 32.3 Å². The largest absolute Gasteiger partial charge is 0.355 e. The molecule has 0 saturated carbocycles. The fourth-order valence-corrected chi connectivity index (χ4v) is 2.29. The Morgan fingerprint density at radius 1 is 1.44 bits per heavy atom. The average Bonchev–Trinajstić information content (AvgIpc) is 2.28. The number of amides is 1. The van der Waals surface area contributed by atoms with Crippen LogP contribution in [-0.4, -0.2) is 42.9 Å². The van der Waals surface area contributed by atoms with E-state index in [4.69, 9.17) is 11.6 Å². The number of likely N-dealkylation sites (tertiary alicyclic amines) is 1. The number of rotatable bonds is 6. The first-order chi connectivity index (χ1) is 7.74. The van der Waals surface area contributed by atoms with Crippen LogP contribution in [-0.2, 0) is 4.79 Å². The molecular formula is C12H23ClN2O. The molecule has 1 N–H and O–H groups in total. The molecule has 1 heterocycles. The SMILES string of the molecule is CN1CCCCC1CNC(=O)CCCCCl. The monoisotopic (exact) mass is 246 g/mol. The molecular weight excluding hydrogens is 224 g/mol. The molecule has 1 unspecified atom stereocenters. The zero-order valence-corrected chi connectivity index (χ0v) is 10.9. The summed E-state index contributed by atoms with van der Waals surface area (Å²) < 4.78 is 0. The molecule has 0 aliphatic carbocycles. The Morgan fingerprint density at radius 2 is 2.25 bits per heavy atom. The number of hydrogen-bond donors (Lipinski definition) is 1. The lowest BCUT2D eigenvalue weighted by atomic mass is 10.0. The summed E-state index contributed by atoms with van der Waals surface area (Å²) in [6, 6.07) is 0.533. The molecule has 0 bridgehead atoms. The van der Waals surface area contributed by atoms with Gasteiger partial charge in [0, 0.05) is 24.9 Å². The Hall–Kier alpha value is -0.280. The third kappa shape index (κ3) is 5.17. The van der Waals surface area contributed by atoms with E-state index in [1.54, 1.807) is 0 Å². The molecule has 0 aromatic heterocycles. The molecule has 0 radical (unpaired) electrons. The second-order valence-electron chi connectivity index (χ2n) is 4.58. The lowest BCUT2D eigenvalue weighted by Crippen LogP contribution is -2.44. The van der Waals surface area contributed by atoms with Crippen LogP contribution in [0.2, 0.25) is 0 Å². The van der Waals surface area contributed by atoms with Crippen molar-refractivity contribution in [3.8, 4) is 0 Å². The normalized spacial score (nSPS) is 22.0. The number of halogens is 1. The first-order valence-corrected chi connectivity index (χ1v) is 6.80. The van der Waals surface area contributed by atoms with Crippen molar-refractivity contribution in [3.63, 3.8) is 0 Å². The van der Waals surface area contributed by atoms with Gasteiger partial charge in [-0.3, -0.25) is 4.79 Å². The van der Waals surface area contributed by atoms with Gasteiger partial charge in [0.25, 0.3) is 0 Å². The van der Waals surface area contributed by atoms with Gasteiger partial charge in [-0.25, -0.2) is 0 Å². The number of carbonyl (C=O) groups is 1. The predicted octanol–water partition coefficient (Wildman–Crippen LogP) is 2.00. The molecule has 94 valence electrons. The third-order valence-electron chi connectivity index (χ3n) is 3.24. The molecule has 0 aromatic carbocycles. The van der Waals surface area contributed by atoms with Crippen molar-refractivity contribution >= 4 is 17.5 Å². The highest BCUT2D eigenvalue weighted by molar-refractivity contribution is 6.17. The van der Waals surface area contributed by atoms with Crippen LogP contribution in [0.1, 0.15) is 38.5 Å². The molecule has 1 rings (SSSR count). The summed E-state index contributed by atoms with van der Waals surface area (Å²) in [5.41, 5.74) is 0. The van der Waals surface area contributed by atoms with Gasteiger partial charge >= 0.3 is 0 Å². The maximum atomic E-state index is 11.5. The van der Waals surface area contributed by atoms with Gasteiger partial charge in [-0.05, 0) is 39.3 Å². The van der Waals surface area contributed by atoms with Crippen LogP contribution in [0.3, 0.4) is 0 Å². The summed E-state index contributed by atoms with van der Waals surface area (Å²) in [7, 11) is 2.14. The third-order valence-corrected chi connectivity index (χ3v) is 3.51. The summed E-state index contributed by atoms with van der Waals surface area (Å²) in [6.07, 6.45) is 6.23. The number of carbonyl (C=O) groups excluding carboxylic acids is 1. The number of piperidine rings is 1. The maximum absolute atomic E-state index is 11.5. The minimum Gasteiger partial charge on any atom is -0.355 e. The summed E-state index contributed by atoms with van der Waals surface area (Å²) in [5.74, 6) is 0.822. The predicted molar refractivity (Wildman–Crippen MR) is 67.8 cm³/mol. The highest BCUT2D eigenvalue weighted by Crippen LogP contribution is 2.13. The van der Waals surface area contributed by atoms with Crippen molar-refractivity contribution < 1.29 is 4.79 Å². The van der Waals surface area contributed by atoms with E-state index < -0.39 is 0 Å². The summed E-state index contributed by atoms with van der Waals surface area (Å²) in [5, 5.41) is 3.02. The summed E-state index contributed by atoms with van der Waals surface area (Å²) in [6.45, 7) is 1.96. The molecule has 1 amide bonds. The van der Waals surface area contributed by atoms with E-state index in [-0.39, 0.29) is 5.91 Å². The Balaban J connectivity index is 2.10. The minimum absolute atomic E-state index is 0.170. The molecule has 1 aliphatic rings. The first-order valence-electron chi connectivity index (χ1n) is 6.27. The van der Waals surface area contributed by atoms with Gasteiger partial charge in [0.2, 0.25) is 5.91 Å². The Labute approximate surface area is 104 Å². The van der Waals surface area contributed by atoms with Crippen LogP contribution in [0.15, 0.2) is 0 Å². The van der Waals surface area contributed by atoms with Crippen LogP contribution >= 0.6 is 11.6 Å². The van der Waals surface area contributed by atoms with Crippen molar-refractivity contribution in [2.24, 2.45) is 0 Å². The number of likely N-dealkylation sites (N-methyl/N-ethyl adjacent to an activating group) is 1. The minimum atomic E-state index is 0.170. The zero-order valence-electron chi connectivity index (χ0n) is 10.2. The molecule has 0 aromatic rings. The second-order valence-corrected chi connectivity index (χ2v) is 4.96. The molecule has 1 fully saturated rings. The van der Waals surface area contributed by atoms with Crippen LogP contribution < -0.4 is 5.32 Å². The van der Waals surface area contributed by atoms with Gasteiger partial charge in [-0.15, -0.1) is 11.6 Å². The fourth-order valence-electron chi connectivity index (χ4n) is 2.10. The van der Waals surface area contributed by atoms with Gasteiger partial charge in [0.1, 0.15) is 0 Å². The van der Waals surface area contributed by atoms with Gasteiger partial charge in [-0.1, -0.05) is 6.42 Å². The van der Waals surface area contributed by atoms with E-state index in [0.29, 0.717) is 18.3 Å². The van der Waals surface area contributed by atoms with E-state index in [1.165, 1.54) is 19.3 Å². The number of nitrogens with zero attached hydrogens (tertiary/aromatic N) is 1. The van der Waals surface area contributed by atoms with E-state index in [0.717, 1.165) is 25.9 Å². The Kier molecular flexibility index (Phi) is 6.81. The van der Waals surface area contributed by atoms with Crippen LogP contribution in [0, 0.1) is 0 Å². The van der Waals surface area contributed by atoms with Gasteiger partial charge in [0.05, 0.1) is 0 Å². The lowest BCUT2D eigenvalue weighted by Gasteiger charge is -2.32. The van der Waals surface area contributed by atoms with Crippen molar-refractivity contribution in [1.82, 2.24) is 10.2 Å². The van der Waals surface area contributed by atoms with Crippen LogP contribution in [0.4, 0.5) is 0 Å². The van der Waals surface area contributed by atoms with Crippen LogP contribution in [0.25, 0.3) is 0 Å². The molecule has 0 spiro atoms. The first kappa shape index (κ1) is 13.8. The van der Waals surface area contributed by atoms with Gasteiger partial charge < -0.3 is 10.2 Å². The quantitative estimate of drug-likeness (QED) is 0.574. The molecule has 1 atom stereocenters. The van der Waals surface area contributed by atoms with E-state index in [9.17, 15) is 4.79 Å².